The van der Waals surface area contributed by atoms with Crippen LogP contribution in [0.5, 0.6) is 0 Å². The van der Waals surface area contributed by atoms with Crippen LogP contribution < -0.4 is 0 Å². The fraction of sp³-hybridized carbons (Fsp3) is 0.0455. The van der Waals surface area contributed by atoms with Crippen LogP contribution in [0.2, 0.25) is 0 Å². The van der Waals surface area contributed by atoms with Gasteiger partial charge in [-0.05, 0) is 60.2 Å². The van der Waals surface area contributed by atoms with Gasteiger partial charge in [0.15, 0.2) is 0 Å². The second-order valence-corrected chi connectivity index (χ2v) is 10.8. The molecular formula is C22H16F2N2O4S2. The Morgan fingerprint density at radius 2 is 1.19 bits per heavy atom. The Morgan fingerprint density at radius 3 is 1.72 bits per heavy atom. The van der Waals surface area contributed by atoms with Crippen LogP contribution in [0.3, 0.4) is 0 Å². The molecule has 0 saturated carbocycles. The number of pyridine rings is 1. The molecule has 10 heteroatoms. The van der Waals surface area contributed by atoms with E-state index in [4.69, 9.17) is 0 Å². The fourth-order valence-corrected chi connectivity index (χ4v) is 6.78. The lowest BCUT2D eigenvalue weighted by Gasteiger charge is -2.23. The molecule has 0 aliphatic heterocycles. The summed E-state index contributed by atoms with van der Waals surface area (Å²) in [7, 11) is -9.29. The van der Waals surface area contributed by atoms with E-state index in [1.807, 2.05) is 0 Å². The zero-order valence-electron chi connectivity index (χ0n) is 16.4. The minimum absolute atomic E-state index is 0.323. The molecule has 0 bridgehead atoms. The summed E-state index contributed by atoms with van der Waals surface area (Å²) in [5.74, 6) is -1.34. The summed E-state index contributed by atoms with van der Waals surface area (Å²) in [5.41, 5.74) is 0.781. The molecule has 0 aliphatic carbocycles. The maximum atomic E-state index is 13.4. The summed E-state index contributed by atoms with van der Waals surface area (Å²) in [4.78, 5) is 3.44. The van der Waals surface area contributed by atoms with Gasteiger partial charge in [0.1, 0.15) is 11.6 Å². The van der Waals surface area contributed by atoms with Crippen LogP contribution in [0.15, 0.2) is 94.9 Å². The normalized spacial score (nSPS) is 12.3. The quantitative estimate of drug-likeness (QED) is 0.420. The van der Waals surface area contributed by atoms with Crippen molar-refractivity contribution in [1.29, 1.82) is 0 Å². The number of nitrogens with zero attached hydrogens (tertiary/aromatic N) is 2. The summed E-state index contributed by atoms with van der Waals surface area (Å²) in [6.07, 6.45) is 1.51. The van der Waals surface area contributed by atoms with Gasteiger partial charge in [0, 0.05) is 11.6 Å². The van der Waals surface area contributed by atoms with Crippen molar-refractivity contribution in [3.05, 3.63) is 102 Å². The summed E-state index contributed by atoms with van der Waals surface area (Å²) >= 11 is 0. The Labute approximate surface area is 183 Å². The topological polar surface area (TPSA) is 84.4 Å². The highest BCUT2D eigenvalue weighted by atomic mass is 32.3. The van der Waals surface area contributed by atoms with Crippen molar-refractivity contribution in [2.24, 2.45) is 0 Å². The van der Waals surface area contributed by atoms with E-state index in [1.54, 1.807) is 30.3 Å². The monoisotopic (exact) mass is 474 g/mol. The Balaban J connectivity index is 1.90. The molecule has 0 atom stereocenters. The van der Waals surface area contributed by atoms with Gasteiger partial charge in [-0.15, -0.1) is 0 Å². The van der Waals surface area contributed by atoms with Gasteiger partial charge in [0.2, 0.25) is 0 Å². The van der Waals surface area contributed by atoms with Crippen LogP contribution in [0.1, 0.15) is 5.56 Å². The Kier molecular flexibility index (Phi) is 5.76. The molecule has 6 nitrogen and oxygen atoms in total. The lowest BCUT2D eigenvalue weighted by atomic mass is 10.1. The molecule has 4 aromatic rings. The van der Waals surface area contributed by atoms with Crippen LogP contribution in [0, 0.1) is 11.6 Å². The van der Waals surface area contributed by atoms with E-state index in [2.05, 4.69) is 4.98 Å². The predicted octanol–water partition coefficient (Wildman–Crippen LogP) is 4.09. The first-order valence-corrected chi connectivity index (χ1v) is 12.2. The highest BCUT2D eigenvalue weighted by molar-refractivity contribution is 8.04. The van der Waals surface area contributed by atoms with Crippen LogP contribution in [0.25, 0.3) is 10.9 Å². The molecule has 0 N–H and O–H groups in total. The number of para-hydroxylation sites is 1. The van der Waals surface area contributed by atoms with E-state index >= 15 is 0 Å². The van der Waals surface area contributed by atoms with E-state index in [1.165, 1.54) is 6.20 Å². The standard InChI is InChI=1S/C22H16F2N2O4S2/c23-18-6-10-20(11-7-18)31(27,28)26(32(29,30)21-12-8-19(24)9-13-21)15-17-4-1-3-16-5-2-14-25-22(16)17/h1-14H,15H2. The number of sulfonamides is 2. The highest BCUT2D eigenvalue weighted by Gasteiger charge is 2.37. The van der Waals surface area contributed by atoms with Gasteiger partial charge < -0.3 is 0 Å². The molecule has 32 heavy (non-hydrogen) atoms. The van der Waals surface area contributed by atoms with Gasteiger partial charge in [-0.1, -0.05) is 28.0 Å². The minimum atomic E-state index is -4.64. The Bertz CT molecular complexity index is 1410. The lowest BCUT2D eigenvalue weighted by Crippen LogP contribution is -2.36. The number of hydrogen-bond donors (Lipinski definition) is 0. The van der Waals surface area contributed by atoms with Gasteiger partial charge in [-0.25, -0.2) is 25.6 Å². The first kappa shape index (κ1) is 22.0. The molecule has 3 aromatic carbocycles. The second kappa shape index (κ2) is 8.38. The molecule has 1 aromatic heterocycles. The third-order valence-corrected chi connectivity index (χ3v) is 9.02. The predicted molar refractivity (Wildman–Crippen MR) is 114 cm³/mol. The van der Waals surface area contributed by atoms with Crippen molar-refractivity contribution in [2.45, 2.75) is 16.3 Å². The van der Waals surface area contributed by atoms with E-state index in [9.17, 15) is 25.6 Å². The third-order valence-electron chi connectivity index (χ3n) is 4.77. The van der Waals surface area contributed by atoms with Crippen LogP contribution in [-0.2, 0) is 26.6 Å². The summed E-state index contributed by atoms with van der Waals surface area (Å²) < 4.78 is 80.7. The largest absolute Gasteiger partial charge is 0.256 e. The van der Waals surface area contributed by atoms with E-state index < -0.39 is 48.0 Å². The number of benzene rings is 3. The van der Waals surface area contributed by atoms with Gasteiger partial charge in [0.25, 0.3) is 20.0 Å². The average molecular weight is 475 g/mol. The number of fused-ring (bicyclic) bond motifs is 1. The van der Waals surface area contributed by atoms with Crippen molar-refractivity contribution < 1.29 is 25.6 Å². The minimum Gasteiger partial charge on any atom is -0.256 e. The molecule has 0 spiro atoms. The van der Waals surface area contributed by atoms with Crippen molar-refractivity contribution in [2.75, 3.05) is 0 Å². The summed E-state index contributed by atoms with van der Waals surface area (Å²) in [6.45, 7) is -0.562. The number of halogens is 2. The smallest absolute Gasteiger partial charge is 0.256 e. The molecule has 0 radical (unpaired) electrons. The SMILES string of the molecule is O=S(=O)(c1ccc(F)cc1)N(Cc1cccc2cccnc12)S(=O)(=O)c1ccc(F)cc1. The van der Waals surface area contributed by atoms with Gasteiger partial charge in [-0.3, -0.25) is 4.98 Å². The Hall–Kier alpha value is -3.21. The van der Waals surface area contributed by atoms with E-state index in [-0.39, 0.29) is 0 Å². The Morgan fingerprint density at radius 1 is 0.688 bits per heavy atom. The average Bonchev–Trinajstić information content (AvgIpc) is 2.78. The molecule has 0 aliphatic rings. The van der Waals surface area contributed by atoms with Gasteiger partial charge >= 0.3 is 0 Å². The van der Waals surface area contributed by atoms with Crippen LogP contribution in [-0.4, -0.2) is 25.5 Å². The number of aromatic nitrogens is 1. The molecule has 0 fully saturated rings. The van der Waals surface area contributed by atoms with Gasteiger partial charge in [0.05, 0.1) is 21.9 Å². The summed E-state index contributed by atoms with van der Waals surface area (Å²) in [6, 6.07) is 16.1. The van der Waals surface area contributed by atoms with E-state index in [0.29, 0.717) is 20.2 Å². The molecule has 0 unspecified atom stereocenters. The molecule has 1 heterocycles. The highest BCUT2D eigenvalue weighted by Crippen LogP contribution is 2.28. The van der Waals surface area contributed by atoms with Gasteiger partial charge in [-0.2, -0.15) is 0 Å². The molecule has 4 rings (SSSR count). The third kappa shape index (κ3) is 4.12. The molecular weight excluding hydrogens is 458 g/mol. The molecule has 0 saturated heterocycles. The first-order chi connectivity index (χ1) is 15.2. The van der Waals surface area contributed by atoms with Crippen molar-refractivity contribution in [3.63, 3.8) is 0 Å². The van der Waals surface area contributed by atoms with Crippen molar-refractivity contribution >= 4 is 30.9 Å². The van der Waals surface area contributed by atoms with Crippen molar-refractivity contribution in [3.8, 4) is 0 Å². The zero-order valence-corrected chi connectivity index (χ0v) is 18.0. The fourth-order valence-electron chi connectivity index (χ4n) is 3.18. The maximum absolute atomic E-state index is 13.4. The molecule has 164 valence electrons. The first-order valence-electron chi connectivity index (χ1n) is 9.31. The van der Waals surface area contributed by atoms with E-state index in [0.717, 1.165) is 48.5 Å². The number of rotatable bonds is 6. The zero-order chi connectivity index (χ0) is 22.9. The maximum Gasteiger partial charge on any atom is 0.256 e. The second-order valence-electron chi connectivity index (χ2n) is 6.84. The van der Waals surface area contributed by atoms with Crippen LogP contribution >= 0.6 is 0 Å². The van der Waals surface area contributed by atoms with Crippen LogP contribution in [0.4, 0.5) is 8.78 Å². The van der Waals surface area contributed by atoms with Crippen molar-refractivity contribution in [1.82, 2.24) is 8.69 Å². The summed E-state index contributed by atoms with van der Waals surface area (Å²) in [5, 5.41) is 0.698. The molecule has 0 amide bonds. The lowest BCUT2D eigenvalue weighted by molar-refractivity contribution is 0.495. The number of hydrogen-bond acceptors (Lipinski definition) is 5.